The Kier molecular flexibility index (Phi) is 2.54. The van der Waals surface area contributed by atoms with Gasteiger partial charge in [-0.2, -0.15) is 0 Å². The van der Waals surface area contributed by atoms with E-state index >= 15 is 0 Å². The molecule has 112 valence electrons. The predicted molar refractivity (Wildman–Crippen MR) is 83.1 cm³/mol. The molecule has 4 fully saturated rings. The number of rotatable bonds is 1. The molecule has 0 saturated heterocycles. The zero-order valence-electron chi connectivity index (χ0n) is 13.0. The average molecular weight is 283 g/mol. The lowest BCUT2D eigenvalue weighted by atomic mass is 9.52. The largest absolute Gasteiger partial charge is 0.478 e. The van der Waals surface area contributed by atoms with E-state index < -0.39 is 0 Å². The Hall–Kier alpha value is -1.02. The lowest BCUT2D eigenvalue weighted by Crippen LogP contribution is -2.61. The Balaban J connectivity index is 1.46. The van der Waals surface area contributed by atoms with Gasteiger partial charge in [0, 0.05) is 17.6 Å². The van der Waals surface area contributed by atoms with Crippen LogP contribution in [0.15, 0.2) is 18.2 Å². The zero-order chi connectivity index (χ0) is 14.0. The van der Waals surface area contributed by atoms with Crippen LogP contribution in [0.5, 0.6) is 5.75 Å². The molecular formula is C19H25NO. The van der Waals surface area contributed by atoms with E-state index in [9.17, 15) is 0 Å². The highest BCUT2D eigenvalue weighted by atomic mass is 16.5. The third-order valence-electron chi connectivity index (χ3n) is 6.63. The normalized spacial score (nSPS) is 40.9. The van der Waals surface area contributed by atoms with Crippen LogP contribution in [-0.4, -0.2) is 17.2 Å². The van der Waals surface area contributed by atoms with Gasteiger partial charge in [0.2, 0.25) is 0 Å². The predicted octanol–water partition coefficient (Wildman–Crippen LogP) is 4.12. The molecule has 21 heavy (non-hydrogen) atoms. The molecule has 4 bridgehead atoms. The molecule has 4 aliphatic carbocycles. The van der Waals surface area contributed by atoms with Crippen LogP contribution in [0.4, 0.5) is 0 Å². The van der Waals surface area contributed by atoms with Crippen molar-refractivity contribution >= 4 is 0 Å². The van der Waals surface area contributed by atoms with Crippen molar-refractivity contribution in [1.82, 2.24) is 4.90 Å². The van der Waals surface area contributed by atoms with Crippen LogP contribution in [0.2, 0.25) is 0 Å². The summed E-state index contributed by atoms with van der Waals surface area (Å²) in [7, 11) is 0. The number of ether oxygens (including phenoxy) is 1. The Labute approximate surface area is 127 Å². The van der Waals surface area contributed by atoms with Crippen LogP contribution >= 0.6 is 0 Å². The molecule has 0 N–H and O–H groups in total. The van der Waals surface area contributed by atoms with E-state index in [2.05, 4.69) is 30.0 Å². The monoisotopic (exact) mass is 283 g/mol. The smallest absolute Gasteiger partial charge is 0.142 e. The molecular weight excluding hydrogens is 258 g/mol. The number of hydrogen-bond donors (Lipinski definition) is 0. The topological polar surface area (TPSA) is 12.5 Å². The van der Waals surface area contributed by atoms with E-state index in [1.807, 2.05) is 0 Å². The first-order valence-corrected chi connectivity index (χ1v) is 8.68. The highest BCUT2D eigenvalue weighted by Gasteiger charge is 2.54. The van der Waals surface area contributed by atoms with Crippen molar-refractivity contribution in [3.63, 3.8) is 0 Å². The van der Waals surface area contributed by atoms with Crippen molar-refractivity contribution in [2.75, 3.05) is 6.73 Å². The number of nitrogens with zero attached hydrogens (tertiary/aromatic N) is 1. The fourth-order valence-electron chi connectivity index (χ4n) is 6.13. The molecule has 0 radical (unpaired) electrons. The molecule has 1 aliphatic heterocycles. The number of aryl methyl sites for hydroxylation is 1. The van der Waals surface area contributed by atoms with E-state index in [1.165, 1.54) is 49.7 Å². The zero-order valence-corrected chi connectivity index (χ0v) is 13.0. The minimum atomic E-state index is 0.468. The maximum Gasteiger partial charge on any atom is 0.142 e. The maximum atomic E-state index is 6.11. The van der Waals surface area contributed by atoms with Gasteiger partial charge in [-0.1, -0.05) is 17.7 Å². The average Bonchev–Trinajstić information content (AvgIpc) is 2.45. The molecule has 0 aromatic heterocycles. The summed E-state index contributed by atoms with van der Waals surface area (Å²) in [5.41, 5.74) is 3.22. The molecule has 0 unspecified atom stereocenters. The van der Waals surface area contributed by atoms with Crippen LogP contribution in [0.3, 0.4) is 0 Å². The molecule has 2 heteroatoms. The Morgan fingerprint density at radius 2 is 1.71 bits per heavy atom. The standard InChI is InChI=1S/C19H25NO/c1-13-2-3-18-17(4-13)11-20(12-21-18)19-8-14-5-15(9-19)7-16(6-14)10-19/h2-4,14-16H,5-12H2,1H3. The first-order chi connectivity index (χ1) is 10.2. The second-order valence-electron chi connectivity index (χ2n) is 8.22. The summed E-state index contributed by atoms with van der Waals surface area (Å²) in [4.78, 5) is 2.69. The molecule has 0 spiro atoms. The Bertz CT molecular complexity index is 544. The SMILES string of the molecule is Cc1ccc2c(c1)CN(C13CC4CC(CC(C4)C1)C3)CO2. The first kappa shape index (κ1) is 12.5. The van der Waals surface area contributed by atoms with Crippen molar-refractivity contribution in [2.45, 2.75) is 57.5 Å². The maximum absolute atomic E-state index is 6.11. The summed E-state index contributed by atoms with van der Waals surface area (Å²) in [6.45, 7) is 4.09. The molecule has 1 aromatic carbocycles. The van der Waals surface area contributed by atoms with E-state index in [4.69, 9.17) is 4.74 Å². The van der Waals surface area contributed by atoms with Gasteiger partial charge in [0.25, 0.3) is 0 Å². The second-order valence-corrected chi connectivity index (χ2v) is 8.22. The van der Waals surface area contributed by atoms with Crippen molar-refractivity contribution in [1.29, 1.82) is 0 Å². The van der Waals surface area contributed by atoms with Crippen molar-refractivity contribution in [2.24, 2.45) is 17.8 Å². The minimum Gasteiger partial charge on any atom is -0.478 e. The molecule has 5 aliphatic rings. The van der Waals surface area contributed by atoms with Gasteiger partial charge >= 0.3 is 0 Å². The third-order valence-corrected chi connectivity index (χ3v) is 6.63. The Morgan fingerprint density at radius 1 is 1.05 bits per heavy atom. The van der Waals surface area contributed by atoms with E-state index in [1.54, 1.807) is 0 Å². The molecule has 1 aromatic rings. The molecule has 4 saturated carbocycles. The highest BCUT2D eigenvalue weighted by Crippen LogP contribution is 2.58. The van der Waals surface area contributed by atoms with Gasteiger partial charge in [-0.3, -0.25) is 4.90 Å². The highest BCUT2D eigenvalue weighted by molar-refractivity contribution is 5.38. The lowest BCUT2D eigenvalue weighted by Gasteiger charge is -2.61. The van der Waals surface area contributed by atoms with E-state index in [-0.39, 0.29) is 0 Å². The summed E-state index contributed by atoms with van der Waals surface area (Å²) >= 11 is 0. The van der Waals surface area contributed by atoms with E-state index in [0.29, 0.717) is 5.54 Å². The van der Waals surface area contributed by atoms with Crippen LogP contribution in [0.1, 0.15) is 49.7 Å². The number of fused-ring (bicyclic) bond motifs is 1. The molecule has 6 rings (SSSR count). The van der Waals surface area contributed by atoms with Gasteiger partial charge in [-0.05, 0) is 69.3 Å². The number of hydrogen-bond acceptors (Lipinski definition) is 2. The molecule has 0 atom stereocenters. The van der Waals surface area contributed by atoms with Crippen LogP contribution in [0, 0.1) is 24.7 Å². The van der Waals surface area contributed by atoms with Gasteiger partial charge < -0.3 is 4.74 Å². The van der Waals surface area contributed by atoms with Gasteiger partial charge in [0.1, 0.15) is 12.5 Å². The summed E-state index contributed by atoms with van der Waals surface area (Å²) in [6, 6.07) is 6.64. The molecule has 2 nitrogen and oxygen atoms in total. The van der Waals surface area contributed by atoms with Crippen LogP contribution in [-0.2, 0) is 6.54 Å². The molecule has 1 heterocycles. The fourth-order valence-corrected chi connectivity index (χ4v) is 6.13. The lowest BCUT2D eigenvalue weighted by molar-refractivity contribution is -0.119. The van der Waals surface area contributed by atoms with Crippen LogP contribution in [0.25, 0.3) is 0 Å². The minimum absolute atomic E-state index is 0.468. The quantitative estimate of drug-likeness (QED) is 0.769. The van der Waals surface area contributed by atoms with Gasteiger partial charge in [-0.15, -0.1) is 0 Å². The second kappa shape index (κ2) is 4.25. The summed E-state index contributed by atoms with van der Waals surface area (Å²) < 4.78 is 6.11. The first-order valence-electron chi connectivity index (χ1n) is 8.68. The summed E-state index contributed by atoms with van der Waals surface area (Å²) in [6.07, 6.45) is 8.85. The van der Waals surface area contributed by atoms with Gasteiger partial charge in [0.05, 0.1) is 0 Å². The van der Waals surface area contributed by atoms with Gasteiger partial charge in [0.15, 0.2) is 0 Å². The van der Waals surface area contributed by atoms with Crippen molar-refractivity contribution < 1.29 is 4.74 Å². The van der Waals surface area contributed by atoms with Crippen LogP contribution < -0.4 is 4.74 Å². The van der Waals surface area contributed by atoms with Gasteiger partial charge in [-0.25, -0.2) is 0 Å². The van der Waals surface area contributed by atoms with E-state index in [0.717, 1.165) is 36.8 Å². The third kappa shape index (κ3) is 1.88. The summed E-state index contributed by atoms with van der Waals surface area (Å²) in [5.74, 6) is 4.14. The number of benzene rings is 1. The van der Waals surface area contributed by atoms with Crippen molar-refractivity contribution in [3.05, 3.63) is 29.3 Å². The molecule has 0 amide bonds. The fraction of sp³-hybridized carbons (Fsp3) is 0.684. The summed E-state index contributed by atoms with van der Waals surface area (Å²) in [5, 5.41) is 0. The van der Waals surface area contributed by atoms with Crippen molar-refractivity contribution in [3.8, 4) is 5.75 Å². The Morgan fingerprint density at radius 3 is 2.38 bits per heavy atom.